The van der Waals surface area contributed by atoms with Gasteiger partial charge in [-0.1, -0.05) is 18.2 Å². The third-order valence-electron chi connectivity index (χ3n) is 5.21. The molecule has 3 heterocycles. The Morgan fingerprint density at radius 2 is 2.08 bits per heavy atom. The summed E-state index contributed by atoms with van der Waals surface area (Å²) in [7, 11) is 0. The van der Waals surface area contributed by atoms with Crippen molar-refractivity contribution in [2.45, 2.75) is 53.0 Å². The van der Waals surface area contributed by atoms with Gasteiger partial charge in [-0.15, -0.1) is 0 Å². The van der Waals surface area contributed by atoms with Gasteiger partial charge in [0.15, 0.2) is 5.82 Å². The molecule has 3 rings (SSSR count). The van der Waals surface area contributed by atoms with E-state index in [-0.39, 0.29) is 29.7 Å². The topological polar surface area (TPSA) is 94.5 Å². The zero-order valence-electron chi connectivity index (χ0n) is 21.0. The molecule has 0 unspecified atom stereocenters. The van der Waals surface area contributed by atoms with Crippen LogP contribution in [0.25, 0.3) is 5.70 Å². The smallest absolute Gasteiger partial charge is 0.277 e. The molecule has 3 aromatic rings. The Bertz CT molecular complexity index is 1420. The first kappa shape index (κ1) is 27.9. The van der Waals surface area contributed by atoms with E-state index in [1.165, 1.54) is 16.7 Å². The molecule has 37 heavy (non-hydrogen) atoms. The van der Waals surface area contributed by atoms with Crippen molar-refractivity contribution in [2.75, 3.05) is 0 Å². The van der Waals surface area contributed by atoms with Crippen LogP contribution in [0.1, 0.15) is 37.9 Å². The Balaban J connectivity index is 1.80. The number of aromatic nitrogens is 4. The highest BCUT2D eigenvalue weighted by Crippen LogP contribution is 2.25. The van der Waals surface area contributed by atoms with E-state index in [0.717, 1.165) is 11.9 Å². The number of ether oxygens (including phenoxy) is 1. The van der Waals surface area contributed by atoms with E-state index in [1.54, 1.807) is 44.8 Å². The van der Waals surface area contributed by atoms with Crippen molar-refractivity contribution in [3.8, 4) is 5.75 Å². The van der Waals surface area contributed by atoms with Gasteiger partial charge in [-0.25, -0.2) is 8.78 Å². The number of aryl methyl sites for hydroxylation is 1. The van der Waals surface area contributed by atoms with E-state index in [1.807, 2.05) is 6.07 Å². The van der Waals surface area contributed by atoms with Crippen LogP contribution in [0, 0.1) is 18.6 Å². The van der Waals surface area contributed by atoms with E-state index in [0.29, 0.717) is 29.5 Å². The van der Waals surface area contributed by atoms with Gasteiger partial charge in [0, 0.05) is 36.7 Å². The van der Waals surface area contributed by atoms with Crippen molar-refractivity contribution in [1.29, 1.82) is 0 Å². The second-order valence-corrected chi connectivity index (χ2v) is 9.41. The molecule has 0 fully saturated rings. The minimum atomic E-state index is -0.864. The van der Waals surface area contributed by atoms with Gasteiger partial charge in [0.2, 0.25) is 0 Å². The maximum atomic E-state index is 13.9. The quantitative estimate of drug-likeness (QED) is 0.302. The number of hydrogen-bond donors (Lipinski definition) is 1. The summed E-state index contributed by atoms with van der Waals surface area (Å²) in [5, 5.41) is 14.1. The van der Waals surface area contributed by atoms with Gasteiger partial charge in [-0.2, -0.15) is 5.10 Å². The average Bonchev–Trinajstić information content (AvgIpc) is 3.24. The minimum absolute atomic E-state index is 0.0428. The Hall–Kier alpha value is -3.63. The summed E-state index contributed by atoms with van der Waals surface area (Å²) >= 11 is 6.29. The second-order valence-electron chi connectivity index (χ2n) is 9.04. The van der Waals surface area contributed by atoms with E-state index in [9.17, 15) is 18.7 Å². The third kappa shape index (κ3) is 7.21. The fourth-order valence-corrected chi connectivity index (χ4v) is 3.75. The normalized spacial score (nSPS) is 12.6. The molecular weight excluding hydrogens is 504 g/mol. The van der Waals surface area contributed by atoms with E-state index in [4.69, 9.17) is 16.3 Å². The first-order valence-electron chi connectivity index (χ1n) is 11.3. The van der Waals surface area contributed by atoms with Crippen LogP contribution in [-0.2, 0) is 19.7 Å². The summed E-state index contributed by atoms with van der Waals surface area (Å²) in [6.07, 6.45) is 6.17. The van der Waals surface area contributed by atoms with E-state index in [2.05, 4.69) is 21.7 Å². The van der Waals surface area contributed by atoms with Crippen LogP contribution < -0.4 is 10.3 Å². The fourth-order valence-electron chi connectivity index (χ4n) is 3.56. The predicted octanol–water partition coefficient (Wildman–Crippen LogP) is 4.72. The maximum Gasteiger partial charge on any atom is 0.277 e. The maximum absolute atomic E-state index is 13.9. The predicted molar refractivity (Wildman–Crippen MR) is 139 cm³/mol. The standard InChI is InChI=1S/C26H28ClF2N5O3/c1-6-22(16(2)12-30-15-33-8-7-19(32-33)11-26(4,5)36)34-17(3)9-23(24(27)25(34)35)37-14-21-20(29)10-18(28)13-31-21/h6-10,12-13,36H,1,11,14-15H2,2-5H3/b22-16+,30-12-. The number of halogens is 3. The third-order valence-corrected chi connectivity index (χ3v) is 5.56. The van der Waals surface area contributed by atoms with Crippen LogP contribution in [0.4, 0.5) is 8.78 Å². The summed E-state index contributed by atoms with van der Waals surface area (Å²) in [6, 6.07) is 4.05. The number of aliphatic imine (C=N–C) groups is 1. The second kappa shape index (κ2) is 11.6. The molecule has 0 aliphatic carbocycles. The van der Waals surface area contributed by atoms with Crippen LogP contribution in [0.15, 0.2) is 58.6 Å². The molecule has 0 saturated heterocycles. The molecule has 196 valence electrons. The van der Waals surface area contributed by atoms with Crippen LogP contribution in [-0.4, -0.2) is 36.3 Å². The fraction of sp³-hybridized carbons (Fsp3) is 0.308. The lowest BCUT2D eigenvalue weighted by molar-refractivity contribution is 0.0798. The Morgan fingerprint density at radius 3 is 2.73 bits per heavy atom. The molecule has 0 atom stereocenters. The summed E-state index contributed by atoms with van der Waals surface area (Å²) in [5.41, 5.74) is 0.807. The van der Waals surface area contributed by atoms with Crippen molar-refractivity contribution in [3.63, 3.8) is 0 Å². The highest BCUT2D eigenvalue weighted by molar-refractivity contribution is 6.31. The Kier molecular flexibility index (Phi) is 8.77. The number of aliphatic hydroxyl groups is 1. The zero-order chi connectivity index (χ0) is 27.3. The molecule has 3 aromatic heterocycles. The molecular formula is C26H28ClF2N5O3. The first-order valence-corrected chi connectivity index (χ1v) is 11.7. The largest absolute Gasteiger partial charge is 0.485 e. The van der Waals surface area contributed by atoms with Crippen molar-refractivity contribution < 1.29 is 18.6 Å². The van der Waals surface area contributed by atoms with Crippen LogP contribution in [0.5, 0.6) is 5.75 Å². The highest BCUT2D eigenvalue weighted by atomic mass is 35.5. The van der Waals surface area contributed by atoms with Gasteiger partial charge in [0.25, 0.3) is 5.56 Å². The molecule has 0 aliphatic heterocycles. The summed E-state index contributed by atoms with van der Waals surface area (Å²) in [6.45, 7) is 10.6. The van der Waals surface area contributed by atoms with Gasteiger partial charge in [0.1, 0.15) is 35.6 Å². The summed E-state index contributed by atoms with van der Waals surface area (Å²) in [5.74, 6) is -1.63. The summed E-state index contributed by atoms with van der Waals surface area (Å²) in [4.78, 5) is 21.2. The van der Waals surface area contributed by atoms with E-state index >= 15 is 0 Å². The van der Waals surface area contributed by atoms with Crippen molar-refractivity contribution >= 4 is 23.5 Å². The van der Waals surface area contributed by atoms with Crippen molar-refractivity contribution in [3.05, 3.63) is 92.9 Å². The van der Waals surface area contributed by atoms with Gasteiger partial charge < -0.3 is 9.84 Å². The van der Waals surface area contributed by atoms with Crippen molar-refractivity contribution in [1.82, 2.24) is 19.3 Å². The molecule has 0 bridgehead atoms. The van der Waals surface area contributed by atoms with E-state index < -0.39 is 22.8 Å². The number of rotatable bonds is 10. The Morgan fingerprint density at radius 1 is 1.35 bits per heavy atom. The molecule has 8 nitrogen and oxygen atoms in total. The summed E-state index contributed by atoms with van der Waals surface area (Å²) < 4.78 is 35.5. The van der Waals surface area contributed by atoms with Crippen molar-refractivity contribution in [2.24, 2.45) is 4.99 Å². The minimum Gasteiger partial charge on any atom is -0.485 e. The van der Waals surface area contributed by atoms with Gasteiger partial charge >= 0.3 is 0 Å². The highest BCUT2D eigenvalue weighted by Gasteiger charge is 2.17. The lowest BCUT2D eigenvalue weighted by atomic mass is 10.0. The molecule has 11 heteroatoms. The lowest BCUT2D eigenvalue weighted by Crippen LogP contribution is -2.23. The molecule has 0 aromatic carbocycles. The monoisotopic (exact) mass is 531 g/mol. The molecule has 0 amide bonds. The number of hydrogen-bond acceptors (Lipinski definition) is 6. The van der Waals surface area contributed by atoms with Crippen LogP contribution >= 0.6 is 11.6 Å². The number of pyridine rings is 2. The molecule has 0 saturated carbocycles. The van der Waals surface area contributed by atoms with Gasteiger partial charge in [-0.3, -0.25) is 24.0 Å². The van der Waals surface area contributed by atoms with Crippen LogP contribution in [0.3, 0.4) is 0 Å². The Labute approximate surface area is 218 Å². The molecule has 1 N–H and O–H groups in total. The zero-order valence-corrected chi connectivity index (χ0v) is 21.8. The number of allylic oxidation sites excluding steroid dienone is 3. The lowest BCUT2D eigenvalue weighted by Gasteiger charge is -2.16. The van der Waals surface area contributed by atoms with Gasteiger partial charge in [-0.05, 0) is 45.4 Å². The van der Waals surface area contributed by atoms with Crippen LogP contribution in [0.2, 0.25) is 5.02 Å². The molecule has 0 spiro atoms. The SMILES string of the molecule is C=C/C(=C(C)\C=N/Cn1ccc(CC(C)(C)O)n1)n1c(C)cc(OCc2ncc(F)cc2F)c(Cl)c1=O. The molecule has 0 aliphatic rings. The molecule has 0 radical (unpaired) electrons. The first-order chi connectivity index (χ1) is 17.4. The van der Waals surface area contributed by atoms with Gasteiger partial charge in [0.05, 0.1) is 23.2 Å². The number of nitrogens with zero attached hydrogens (tertiary/aromatic N) is 5. The average molecular weight is 532 g/mol.